The zero-order valence-electron chi connectivity index (χ0n) is 15.9. The van der Waals surface area contributed by atoms with Crippen molar-refractivity contribution in [2.24, 2.45) is 0 Å². The summed E-state index contributed by atoms with van der Waals surface area (Å²) in [5.74, 6) is 1.28. The van der Waals surface area contributed by atoms with E-state index in [-0.39, 0.29) is 5.78 Å². The van der Waals surface area contributed by atoms with Crippen molar-refractivity contribution in [2.75, 3.05) is 26.6 Å². The first-order chi connectivity index (χ1) is 13.6. The standard InChI is InChI=1S/C20H21N3O5/c1-26-15-8-7-11(9-16(15)27-2)18-17-13(5-4-6-14(17)24)22-19-12(20(25)28-3)10-21-23(18)19/h7-10,18,22H,4-6H2,1-3H3/t18-/m0/s1. The molecule has 28 heavy (non-hydrogen) atoms. The second kappa shape index (κ2) is 7.03. The summed E-state index contributed by atoms with van der Waals surface area (Å²) in [4.78, 5) is 25.0. The van der Waals surface area contributed by atoms with Gasteiger partial charge in [0.1, 0.15) is 17.4 Å². The SMILES string of the molecule is COC(=O)c1cnn2c1NC1=C(C(=O)CCC1)[C@@H]2c1ccc(OC)c(OC)c1. The van der Waals surface area contributed by atoms with Crippen LogP contribution < -0.4 is 14.8 Å². The Bertz CT molecular complexity index is 992. The number of esters is 1. The molecular weight excluding hydrogens is 362 g/mol. The van der Waals surface area contributed by atoms with Gasteiger partial charge < -0.3 is 19.5 Å². The van der Waals surface area contributed by atoms with Crippen molar-refractivity contribution < 1.29 is 23.8 Å². The molecule has 0 saturated carbocycles. The highest BCUT2D eigenvalue weighted by molar-refractivity contribution is 6.01. The minimum absolute atomic E-state index is 0.0781. The number of benzene rings is 1. The fraction of sp³-hybridized carbons (Fsp3) is 0.350. The highest BCUT2D eigenvalue weighted by Gasteiger charge is 2.38. The highest BCUT2D eigenvalue weighted by Crippen LogP contribution is 2.43. The van der Waals surface area contributed by atoms with E-state index >= 15 is 0 Å². The fourth-order valence-corrected chi connectivity index (χ4v) is 3.85. The van der Waals surface area contributed by atoms with Crippen molar-refractivity contribution in [3.63, 3.8) is 0 Å². The summed E-state index contributed by atoms with van der Waals surface area (Å²) in [5, 5.41) is 7.65. The number of aromatic nitrogens is 2. The van der Waals surface area contributed by atoms with Crippen LogP contribution in [0.4, 0.5) is 5.82 Å². The van der Waals surface area contributed by atoms with Crippen LogP contribution in [0, 0.1) is 0 Å². The molecule has 0 amide bonds. The second-order valence-corrected chi connectivity index (χ2v) is 6.65. The number of allylic oxidation sites excluding steroid dienone is 2. The van der Waals surface area contributed by atoms with E-state index in [1.54, 1.807) is 25.0 Å². The summed E-state index contributed by atoms with van der Waals surface area (Å²) in [5.41, 5.74) is 2.65. The van der Waals surface area contributed by atoms with Gasteiger partial charge in [-0.15, -0.1) is 0 Å². The first kappa shape index (κ1) is 18.1. The largest absolute Gasteiger partial charge is 0.493 e. The van der Waals surface area contributed by atoms with E-state index < -0.39 is 12.0 Å². The number of carbonyl (C=O) groups is 2. The Labute approximate surface area is 162 Å². The average molecular weight is 383 g/mol. The second-order valence-electron chi connectivity index (χ2n) is 6.65. The molecule has 0 fully saturated rings. The van der Waals surface area contributed by atoms with Crippen LogP contribution in [-0.2, 0) is 9.53 Å². The van der Waals surface area contributed by atoms with Gasteiger partial charge in [0.25, 0.3) is 0 Å². The number of nitrogens with zero attached hydrogens (tertiary/aromatic N) is 2. The Hall–Kier alpha value is -3.29. The van der Waals surface area contributed by atoms with Crippen LogP contribution in [0.25, 0.3) is 0 Å². The zero-order chi connectivity index (χ0) is 19.8. The molecule has 1 atom stereocenters. The molecule has 8 nitrogen and oxygen atoms in total. The number of hydrogen-bond donors (Lipinski definition) is 1. The molecule has 2 aliphatic rings. The van der Waals surface area contributed by atoms with Gasteiger partial charge in [0.15, 0.2) is 17.3 Å². The molecule has 0 bridgehead atoms. The van der Waals surface area contributed by atoms with Crippen molar-refractivity contribution in [3.8, 4) is 11.5 Å². The maximum Gasteiger partial charge on any atom is 0.343 e. The van der Waals surface area contributed by atoms with E-state index in [0.717, 1.165) is 24.1 Å². The molecule has 2 aromatic rings. The number of nitrogens with one attached hydrogen (secondary N) is 1. The van der Waals surface area contributed by atoms with Gasteiger partial charge in [-0.25, -0.2) is 9.48 Å². The minimum atomic E-state index is -0.481. The first-order valence-electron chi connectivity index (χ1n) is 9.00. The lowest BCUT2D eigenvalue weighted by Gasteiger charge is -2.33. The van der Waals surface area contributed by atoms with Crippen LogP contribution in [0.2, 0.25) is 0 Å². The van der Waals surface area contributed by atoms with Gasteiger partial charge in [-0.2, -0.15) is 5.10 Å². The smallest absolute Gasteiger partial charge is 0.343 e. The number of rotatable bonds is 4. The molecule has 1 N–H and O–H groups in total. The van der Waals surface area contributed by atoms with Crippen LogP contribution >= 0.6 is 0 Å². The lowest BCUT2D eigenvalue weighted by molar-refractivity contribution is -0.116. The van der Waals surface area contributed by atoms with Crippen molar-refractivity contribution >= 4 is 17.6 Å². The van der Waals surface area contributed by atoms with E-state index in [1.165, 1.54) is 13.3 Å². The number of ketones is 1. The van der Waals surface area contributed by atoms with Crippen LogP contribution in [-0.4, -0.2) is 42.9 Å². The Morgan fingerprint density at radius 2 is 1.96 bits per heavy atom. The predicted molar refractivity (Wildman–Crippen MR) is 101 cm³/mol. The van der Waals surface area contributed by atoms with Crippen LogP contribution in [0.5, 0.6) is 11.5 Å². The van der Waals surface area contributed by atoms with Gasteiger partial charge in [-0.1, -0.05) is 6.07 Å². The number of fused-ring (bicyclic) bond motifs is 1. The number of carbonyl (C=O) groups excluding carboxylic acids is 2. The maximum atomic E-state index is 12.8. The molecule has 0 unspecified atom stereocenters. The summed E-state index contributed by atoms with van der Waals surface area (Å²) in [7, 11) is 4.46. The quantitative estimate of drug-likeness (QED) is 0.812. The summed E-state index contributed by atoms with van der Waals surface area (Å²) in [6.07, 6.45) is 3.46. The number of methoxy groups -OCH3 is 3. The fourth-order valence-electron chi connectivity index (χ4n) is 3.85. The van der Waals surface area contributed by atoms with E-state index in [2.05, 4.69) is 10.4 Å². The summed E-state index contributed by atoms with van der Waals surface area (Å²) < 4.78 is 17.3. The Morgan fingerprint density at radius 1 is 1.18 bits per heavy atom. The molecule has 0 spiro atoms. The Kier molecular flexibility index (Phi) is 4.54. The molecule has 1 aromatic heterocycles. The van der Waals surface area contributed by atoms with Gasteiger partial charge in [0.2, 0.25) is 0 Å². The third kappa shape index (κ3) is 2.72. The zero-order valence-corrected chi connectivity index (χ0v) is 15.9. The van der Waals surface area contributed by atoms with E-state index in [1.807, 2.05) is 12.1 Å². The number of Topliss-reactive ketones (excluding diaryl/α,β-unsaturated/α-hetero) is 1. The summed E-state index contributed by atoms with van der Waals surface area (Å²) in [6, 6.07) is 5.06. The van der Waals surface area contributed by atoms with E-state index in [9.17, 15) is 9.59 Å². The van der Waals surface area contributed by atoms with Crippen LogP contribution in [0.1, 0.15) is 41.2 Å². The highest BCUT2D eigenvalue weighted by atomic mass is 16.5. The molecule has 1 aliphatic carbocycles. The Morgan fingerprint density at radius 3 is 2.68 bits per heavy atom. The number of anilines is 1. The molecule has 2 heterocycles. The number of hydrogen-bond acceptors (Lipinski definition) is 7. The van der Waals surface area contributed by atoms with Crippen LogP contribution in [0.15, 0.2) is 35.7 Å². The van der Waals surface area contributed by atoms with Crippen molar-refractivity contribution in [1.82, 2.24) is 9.78 Å². The predicted octanol–water partition coefficient (Wildman–Crippen LogP) is 2.71. The topological polar surface area (TPSA) is 91.7 Å². The van der Waals surface area contributed by atoms with Gasteiger partial charge in [-0.3, -0.25) is 4.79 Å². The molecular formula is C20H21N3O5. The van der Waals surface area contributed by atoms with Gasteiger partial charge in [0, 0.05) is 17.7 Å². The van der Waals surface area contributed by atoms with E-state index in [4.69, 9.17) is 14.2 Å². The first-order valence-corrected chi connectivity index (χ1v) is 9.00. The number of ether oxygens (including phenoxy) is 3. The monoisotopic (exact) mass is 383 g/mol. The van der Waals surface area contributed by atoms with Crippen molar-refractivity contribution in [1.29, 1.82) is 0 Å². The molecule has 0 radical (unpaired) electrons. The molecule has 1 aliphatic heterocycles. The third-order valence-corrected chi connectivity index (χ3v) is 5.17. The van der Waals surface area contributed by atoms with Gasteiger partial charge in [-0.05, 0) is 30.5 Å². The van der Waals surface area contributed by atoms with E-state index in [0.29, 0.717) is 34.9 Å². The van der Waals surface area contributed by atoms with Gasteiger partial charge >= 0.3 is 5.97 Å². The lowest BCUT2D eigenvalue weighted by atomic mass is 9.85. The molecule has 146 valence electrons. The summed E-state index contributed by atoms with van der Waals surface area (Å²) in [6.45, 7) is 0. The van der Waals surface area contributed by atoms with Crippen molar-refractivity contribution in [2.45, 2.75) is 25.3 Å². The normalized spacial score (nSPS) is 18.1. The average Bonchev–Trinajstić information content (AvgIpc) is 3.14. The Balaban J connectivity index is 1.91. The summed E-state index contributed by atoms with van der Waals surface area (Å²) >= 11 is 0. The van der Waals surface area contributed by atoms with Crippen LogP contribution in [0.3, 0.4) is 0 Å². The van der Waals surface area contributed by atoms with Gasteiger partial charge in [0.05, 0.1) is 27.5 Å². The lowest BCUT2D eigenvalue weighted by Crippen LogP contribution is -2.31. The van der Waals surface area contributed by atoms with Crippen molar-refractivity contribution in [3.05, 3.63) is 46.8 Å². The maximum absolute atomic E-state index is 12.8. The molecule has 1 aromatic carbocycles. The third-order valence-electron chi connectivity index (χ3n) is 5.17. The molecule has 4 rings (SSSR count). The minimum Gasteiger partial charge on any atom is -0.493 e. The molecule has 8 heteroatoms. The molecule has 0 saturated heterocycles.